The monoisotopic (exact) mass is 457 g/mol. The number of nitrogens with one attached hydrogen (secondary N) is 2. The molecular weight excluding hydrogens is 438 g/mol. The highest BCUT2D eigenvalue weighted by molar-refractivity contribution is 6.30. The summed E-state index contributed by atoms with van der Waals surface area (Å²) in [5.74, 6) is 0.638. The Morgan fingerprint density at radius 3 is 2.38 bits per heavy atom. The highest BCUT2D eigenvalue weighted by Gasteiger charge is 2.29. The van der Waals surface area contributed by atoms with Crippen LogP contribution in [0.1, 0.15) is 28.4 Å². The third-order valence-corrected chi connectivity index (χ3v) is 5.22. The van der Waals surface area contributed by atoms with Crippen molar-refractivity contribution in [2.45, 2.75) is 12.5 Å². The van der Waals surface area contributed by atoms with E-state index in [1.54, 1.807) is 16.8 Å². The number of hydrogen-bond donors (Lipinski definition) is 2. The predicted octanol–water partition coefficient (Wildman–Crippen LogP) is 3.14. The zero-order valence-corrected chi connectivity index (χ0v) is 18.3. The number of amides is 2. The van der Waals surface area contributed by atoms with Gasteiger partial charge in [0.15, 0.2) is 11.5 Å². The molecule has 0 saturated carbocycles. The summed E-state index contributed by atoms with van der Waals surface area (Å²) in [7, 11) is 4.40. The van der Waals surface area contributed by atoms with Crippen LogP contribution in [0.25, 0.3) is 0 Å². The van der Waals surface area contributed by atoms with Gasteiger partial charge in [-0.2, -0.15) is 4.98 Å². The summed E-state index contributed by atoms with van der Waals surface area (Å²) in [6.07, 6.45) is 0.179. The van der Waals surface area contributed by atoms with Crippen LogP contribution in [0.5, 0.6) is 17.2 Å². The molecule has 0 bridgehead atoms. The van der Waals surface area contributed by atoms with Gasteiger partial charge in [-0.3, -0.25) is 20.2 Å². The van der Waals surface area contributed by atoms with Gasteiger partial charge in [-0.15, -0.1) is 5.10 Å². The number of carbonyl (C=O) groups excluding carboxylic acids is 2. The molecule has 1 aromatic heterocycles. The van der Waals surface area contributed by atoms with Crippen molar-refractivity contribution in [1.29, 1.82) is 0 Å². The molecule has 0 aliphatic carbocycles. The molecule has 0 radical (unpaired) electrons. The first-order valence-electron chi connectivity index (χ1n) is 9.56. The Morgan fingerprint density at radius 1 is 1.12 bits per heavy atom. The number of hydrogen-bond acceptors (Lipinski definition) is 7. The minimum absolute atomic E-state index is 0.0416. The number of fused-ring (bicyclic) bond motifs is 1. The minimum atomic E-state index is -0.485. The molecule has 2 N–H and O–H groups in total. The van der Waals surface area contributed by atoms with Crippen LogP contribution in [0.2, 0.25) is 5.02 Å². The normalized spacial score (nSPS) is 14.9. The van der Waals surface area contributed by atoms with Crippen LogP contribution in [-0.2, 0) is 4.79 Å². The van der Waals surface area contributed by atoms with E-state index in [9.17, 15) is 9.59 Å². The average molecular weight is 458 g/mol. The minimum Gasteiger partial charge on any atom is -0.493 e. The number of methoxy groups -OCH3 is 3. The van der Waals surface area contributed by atoms with Crippen molar-refractivity contribution < 1.29 is 23.8 Å². The van der Waals surface area contributed by atoms with Gasteiger partial charge in [-0.25, -0.2) is 4.68 Å². The number of rotatable bonds is 6. The van der Waals surface area contributed by atoms with Crippen LogP contribution in [0.3, 0.4) is 0 Å². The zero-order valence-electron chi connectivity index (χ0n) is 17.5. The van der Waals surface area contributed by atoms with Gasteiger partial charge in [0.05, 0.1) is 33.8 Å². The molecule has 11 heteroatoms. The fourth-order valence-electron chi connectivity index (χ4n) is 3.45. The molecule has 0 fully saturated rings. The molecule has 1 aliphatic heterocycles. The van der Waals surface area contributed by atoms with Crippen molar-refractivity contribution in [2.24, 2.45) is 0 Å². The second-order valence-corrected chi connectivity index (χ2v) is 7.33. The molecule has 1 aliphatic rings. The van der Waals surface area contributed by atoms with E-state index < -0.39 is 5.91 Å². The van der Waals surface area contributed by atoms with Gasteiger partial charge in [0.25, 0.3) is 11.9 Å². The number of halogens is 1. The maximum atomic E-state index is 12.9. The lowest BCUT2D eigenvalue weighted by atomic mass is 10.0. The van der Waals surface area contributed by atoms with E-state index in [1.807, 2.05) is 12.1 Å². The van der Waals surface area contributed by atoms with Gasteiger partial charge in [-0.05, 0) is 29.8 Å². The second kappa shape index (κ2) is 8.75. The topological polar surface area (TPSA) is 117 Å². The van der Waals surface area contributed by atoms with Crippen LogP contribution in [0, 0.1) is 0 Å². The number of anilines is 2. The summed E-state index contributed by atoms with van der Waals surface area (Å²) >= 11 is 5.97. The summed E-state index contributed by atoms with van der Waals surface area (Å²) in [5.41, 5.74) is 1.10. The smallest absolute Gasteiger partial charge is 0.258 e. The van der Waals surface area contributed by atoms with Crippen molar-refractivity contribution in [3.63, 3.8) is 0 Å². The number of aromatic nitrogens is 3. The van der Waals surface area contributed by atoms with Crippen LogP contribution >= 0.6 is 11.6 Å². The first-order valence-corrected chi connectivity index (χ1v) is 9.94. The van der Waals surface area contributed by atoms with Gasteiger partial charge in [0, 0.05) is 10.6 Å². The lowest BCUT2D eigenvalue weighted by Gasteiger charge is -2.23. The highest BCUT2D eigenvalue weighted by atomic mass is 35.5. The Morgan fingerprint density at radius 2 is 1.78 bits per heavy atom. The van der Waals surface area contributed by atoms with Crippen LogP contribution in [-0.4, -0.2) is 47.9 Å². The summed E-state index contributed by atoms with van der Waals surface area (Å²) < 4.78 is 17.4. The van der Waals surface area contributed by atoms with E-state index in [-0.39, 0.29) is 35.8 Å². The van der Waals surface area contributed by atoms with Crippen molar-refractivity contribution in [3.05, 3.63) is 52.5 Å². The molecule has 2 heterocycles. The van der Waals surface area contributed by atoms with Crippen molar-refractivity contribution in [1.82, 2.24) is 14.8 Å². The molecule has 10 nitrogen and oxygen atoms in total. The lowest BCUT2D eigenvalue weighted by Crippen LogP contribution is -2.29. The molecule has 32 heavy (non-hydrogen) atoms. The van der Waals surface area contributed by atoms with Crippen molar-refractivity contribution in [2.75, 3.05) is 32.0 Å². The third-order valence-electron chi connectivity index (χ3n) is 4.96. The summed E-state index contributed by atoms with van der Waals surface area (Å²) in [6, 6.07) is 9.79. The molecule has 0 spiro atoms. The van der Waals surface area contributed by atoms with E-state index in [0.717, 1.165) is 5.56 Å². The Balaban J connectivity index is 1.63. The quantitative estimate of drug-likeness (QED) is 0.584. The molecule has 4 rings (SSSR count). The Kier molecular flexibility index (Phi) is 5.87. The van der Waals surface area contributed by atoms with Gasteiger partial charge in [-0.1, -0.05) is 23.7 Å². The van der Waals surface area contributed by atoms with Gasteiger partial charge in [0.2, 0.25) is 17.6 Å². The van der Waals surface area contributed by atoms with Gasteiger partial charge in [0.1, 0.15) is 0 Å². The SMILES string of the molecule is COc1cc(C(=O)Nc2nc3n(n2)C(c2ccc(Cl)cc2)CC(=O)N3)cc(OC)c1OC. The van der Waals surface area contributed by atoms with Gasteiger partial charge < -0.3 is 14.2 Å². The first kappa shape index (κ1) is 21.4. The first-order chi connectivity index (χ1) is 15.4. The summed E-state index contributed by atoms with van der Waals surface area (Å²) in [6.45, 7) is 0. The molecule has 2 amide bonds. The molecule has 3 aromatic rings. The van der Waals surface area contributed by atoms with Crippen LogP contribution in [0.15, 0.2) is 36.4 Å². The lowest BCUT2D eigenvalue weighted by molar-refractivity contribution is -0.117. The van der Waals surface area contributed by atoms with Crippen LogP contribution in [0.4, 0.5) is 11.9 Å². The third kappa shape index (κ3) is 4.04. The Bertz CT molecular complexity index is 1150. The molecular formula is C21H20ClN5O5. The molecule has 166 valence electrons. The predicted molar refractivity (Wildman–Crippen MR) is 117 cm³/mol. The van der Waals surface area contributed by atoms with Gasteiger partial charge >= 0.3 is 0 Å². The maximum Gasteiger partial charge on any atom is 0.258 e. The van der Waals surface area contributed by atoms with Crippen molar-refractivity contribution >= 4 is 35.3 Å². The van der Waals surface area contributed by atoms with E-state index in [2.05, 4.69) is 20.7 Å². The number of ether oxygens (including phenoxy) is 3. The summed E-state index contributed by atoms with van der Waals surface area (Å²) in [5, 5.41) is 10.3. The maximum absolute atomic E-state index is 12.9. The largest absolute Gasteiger partial charge is 0.493 e. The summed E-state index contributed by atoms with van der Waals surface area (Å²) in [4.78, 5) is 29.3. The zero-order chi connectivity index (χ0) is 22.8. The van der Waals surface area contributed by atoms with E-state index in [1.165, 1.54) is 33.5 Å². The number of benzene rings is 2. The molecule has 2 aromatic carbocycles. The Labute approximate surface area is 188 Å². The number of carbonyl (C=O) groups is 2. The van der Waals surface area contributed by atoms with E-state index >= 15 is 0 Å². The highest BCUT2D eigenvalue weighted by Crippen LogP contribution is 2.38. The molecule has 0 saturated heterocycles. The Hall–Kier alpha value is -3.79. The van der Waals surface area contributed by atoms with Crippen LogP contribution < -0.4 is 24.8 Å². The van der Waals surface area contributed by atoms with E-state index in [0.29, 0.717) is 22.3 Å². The molecule has 1 atom stereocenters. The molecule has 1 unspecified atom stereocenters. The standard InChI is InChI=1S/C21H20ClN5O5/c1-30-15-8-12(9-16(31-2)18(15)32-3)19(29)24-20-25-21-23-17(28)10-14(27(21)26-20)11-4-6-13(22)7-5-11/h4-9,14H,10H2,1-3H3,(H2,23,24,25,26,28,29). The fourth-order valence-corrected chi connectivity index (χ4v) is 3.57. The second-order valence-electron chi connectivity index (χ2n) is 6.89. The fraction of sp³-hybridized carbons (Fsp3) is 0.238. The van der Waals surface area contributed by atoms with E-state index in [4.69, 9.17) is 25.8 Å². The number of nitrogens with zero attached hydrogens (tertiary/aromatic N) is 3. The average Bonchev–Trinajstić information content (AvgIpc) is 3.19. The van der Waals surface area contributed by atoms with Crippen molar-refractivity contribution in [3.8, 4) is 17.2 Å².